The summed E-state index contributed by atoms with van der Waals surface area (Å²) in [7, 11) is 3.84. The molecule has 0 spiro atoms. The van der Waals surface area contributed by atoms with E-state index in [0.29, 0.717) is 6.54 Å². The SMILES string of the molecule is CNc1nc2[nH]c(-c3cccc(NCc4cccnc4)n3)cc2c2c1ncn2C. The molecule has 0 aliphatic heterocycles. The van der Waals surface area contributed by atoms with Gasteiger partial charge in [-0.05, 0) is 29.8 Å². The molecule has 29 heavy (non-hydrogen) atoms. The number of aromatic nitrogens is 6. The molecule has 0 fully saturated rings. The Balaban J connectivity index is 1.52. The Morgan fingerprint density at radius 3 is 2.90 bits per heavy atom. The number of rotatable bonds is 5. The maximum Gasteiger partial charge on any atom is 0.156 e. The van der Waals surface area contributed by atoms with E-state index in [9.17, 15) is 0 Å². The van der Waals surface area contributed by atoms with Crippen molar-refractivity contribution >= 4 is 33.7 Å². The van der Waals surface area contributed by atoms with Gasteiger partial charge in [0, 0.05) is 38.4 Å². The summed E-state index contributed by atoms with van der Waals surface area (Å²) in [5, 5.41) is 7.50. The summed E-state index contributed by atoms with van der Waals surface area (Å²) in [4.78, 5) is 21.5. The first kappa shape index (κ1) is 17.2. The molecule has 0 aliphatic carbocycles. The van der Waals surface area contributed by atoms with Gasteiger partial charge in [0.05, 0.1) is 23.2 Å². The quantitative estimate of drug-likeness (QED) is 0.429. The van der Waals surface area contributed by atoms with Crippen LogP contribution < -0.4 is 10.6 Å². The minimum absolute atomic E-state index is 0.666. The predicted molar refractivity (Wildman–Crippen MR) is 115 cm³/mol. The molecule has 0 aliphatic rings. The summed E-state index contributed by atoms with van der Waals surface area (Å²) in [6.07, 6.45) is 5.42. The average molecular weight is 384 g/mol. The summed E-state index contributed by atoms with van der Waals surface area (Å²) in [5.41, 5.74) is 5.55. The molecule has 5 heterocycles. The van der Waals surface area contributed by atoms with Crippen molar-refractivity contribution in [2.24, 2.45) is 7.05 Å². The first-order valence-corrected chi connectivity index (χ1v) is 9.34. The zero-order valence-electron chi connectivity index (χ0n) is 16.1. The third kappa shape index (κ3) is 3.04. The van der Waals surface area contributed by atoms with Crippen LogP contribution in [0.1, 0.15) is 5.56 Å². The van der Waals surface area contributed by atoms with Crippen LogP contribution in [0.2, 0.25) is 0 Å². The second kappa shape index (κ2) is 6.90. The second-order valence-corrected chi connectivity index (χ2v) is 6.83. The van der Waals surface area contributed by atoms with Crippen molar-refractivity contribution in [3.05, 3.63) is 60.7 Å². The number of pyridine rings is 3. The van der Waals surface area contributed by atoms with Crippen molar-refractivity contribution < 1.29 is 0 Å². The fraction of sp³-hybridized carbons (Fsp3) is 0.143. The minimum Gasteiger partial charge on any atom is -0.371 e. The molecular weight excluding hydrogens is 364 g/mol. The van der Waals surface area contributed by atoms with Crippen molar-refractivity contribution in [2.45, 2.75) is 6.54 Å². The highest BCUT2D eigenvalue weighted by atomic mass is 15.1. The lowest BCUT2D eigenvalue weighted by atomic mass is 10.2. The van der Waals surface area contributed by atoms with Crippen molar-refractivity contribution in [1.29, 1.82) is 0 Å². The van der Waals surface area contributed by atoms with Crippen molar-refractivity contribution in [1.82, 2.24) is 29.5 Å². The number of hydrogen-bond donors (Lipinski definition) is 3. The van der Waals surface area contributed by atoms with Crippen LogP contribution in [0.4, 0.5) is 11.6 Å². The molecule has 8 heteroatoms. The highest BCUT2D eigenvalue weighted by Gasteiger charge is 2.15. The van der Waals surface area contributed by atoms with E-state index in [1.165, 1.54) is 0 Å². The standard InChI is InChI=1S/C21H20N8/c1-22-21-18-19(29(2)12-25-18)14-9-16(27-20(14)28-21)15-6-3-7-17(26-15)24-11-13-5-4-8-23-10-13/h3-10,12H,11H2,1-2H3,(H,24,26)(H2,22,27,28). The molecule has 0 saturated heterocycles. The molecule has 0 bridgehead atoms. The zero-order valence-corrected chi connectivity index (χ0v) is 16.1. The summed E-state index contributed by atoms with van der Waals surface area (Å²) >= 11 is 0. The molecule has 0 amide bonds. The molecule has 144 valence electrons. The summed E-state index contributed by atoms with van der Waals surface area (Å²) in [6.45, 7) is 0.666. The van der Waals surface area contributed by atoms with E-state index in [4.69, 9.17) is 4.98 Å². The van der Waals surface area contributed by atoms with Crippen molar-refractivity contribution in [2.75, 3.05) is 17.7 Å². The van der Waals surface area contributed by atoms with Crippen LogP contribution in [0.15, 0.2) is 55.1 Å². The summed E-state index contributed by atoms with van der Waals surface area (Å²) < 4.78 is 2.01. The monoisotopic (exact) mass is 384 g/mol. The number of fused-ring (bicyclic) bond motifs is 3. The van der Waals surface area contributed by atoms with Crippen LogP contribution in [0.3, 0.4) is 0 Å². The van der Waals surface area contributed by atoms with Gasteiger partial charge in [-0.2, -0.15) is 0 Å². The maximum atomic E-state index is 4.76. The molecular formula is C21H20N8. The Morgan fingerprint density at radius 2 is 2.07 bits per heavy atom. The number of hydrogen-bond acceptors (Lipinski definition) is 6. The highest BCUT2D eigenvalue weighted by Crippen LogP contribution is 2.31. The molecule has 0 saturated carbocycles. The molecule has 0 aromatic carbocycles. The van der Waals surface area contributed by atoms with Gasteiger partial charge >= 0.3 is 0 Å². The van der Waals surface area contributed by atoms with Gasteiger partial charge < -0.3 is 20.2 Å². The van der Waals surface area contributed by atoms with E-state index >= 15 is 0 Å². The Labute approximate surface area is 167 Å². The van der Waals surface area contributed by atoms with E-state index < -0.39 is 0 Å². The van der Waals surface area contributed by atoms with Gasteiger partial charge in [0.15, 0.2) is 5.82 Å². The number of imidazole rings is 1. The first-order valence-electron chi connectivity index (χ1n) is 9.34. The fourth-order valence-corrected chi connectivity index (χ4v) is 3.49. The topological polar surface area (TPSA) is 96.3 Å². The number of nitrogens with zero attached hydrogens (tertiary/aromatic N) is 5. The summed E-state index contributed by atoms with van der Waals surface area (Å²) in [5.74, 6) is 1.56. The van der Waals surface area contributed by atoms with E-state index in [2.05, 4.69) is 36.6 Å². The Morgan fingerprint density at radius 1 is 1.14 bits per heavy atom. The number of H-pyrrole nitrogens is 1. The Kier molecular flexibility index (Phi) is 4.09. The average Bonchev–Trinajstić information content (AvgIpc) is 3.36. The van der Waals surface area contributed by atoms with Crippen LogP contribution in [0.5, 0.6) is 0 Å². The minimum atomic E-state index is 0.666. The number of aromatic amines is 1. The van der Waals surface area contributed by atoms with Crippen molar-refractivity contribution in [3.63, 3.8) is 0 Å². The lowest BCUT2D eigenvalue weighted by molar-refractivity contribution is 0.951. The van der Waals surface area contributed by atoms with E-state index in [1.807, 2.05) is 55.2 Å². The van der Waals surface area contributed by atoms with E-state index in [1.54, 1.807) is 12.5 Å². The normalized spacial score (nSPS) is 11.2. The molecule has 0 radical (unpaired) electrons. The highest BCUT2D eigenvalue weighted by molar-refractivity contribution is 6.07. The van der Waals surface area contributed by atoms with Crippen LogP contribution in [-0.2, 0) is 13.6 Å². The van der Waals surface area contributed by atoms with Gasteiger partial charge in [-0.1, -0.05) is 12.1 Å². The molecule has 0 atom stereocenters. The lowest BCUT2D eigenvalue weighted by Crippen LogP contribution is -2.02. The summed E-state index contributed by atoms with van der Waals surface area (Å²) in [6, 6.07) is 12.0. The van der Waals surface area contributed by atoms with Gasteiger partial charge in [-0.3, -0.25) is 4.98 Å². The fourth-order valence-electron chi connectivity index (χ4n) is 3.49. The second-order valence-electron chi connectivity index (χ2n) is 6.83. The van der Waals surface area contributed by atoms with E-state index in [-0.39, 0.29) is 0 Å². The Bertz CT molecular complexity index is 1300. The molecule has 3 N–H and O–H groups in total. The molecule has 8 nitrogen and oxygen atoms in total. The number of anilines is 2. The van der Waals surface area contributed by atoms with Gasteiger partial charge in [0.1, 0.15) is 17.0 Å². The van der Waals surface area contributed by atoms with Gasteiger partial charge in [0.2, 0.25) is 0 Å². The third-order valence-corrected chi connectivity index (χ3v) is 4.90. The van der Waals surface area contributed by atoms with Crippen LogP contribution in [0, 0.1) is 0 Å². The molecule has 5 rings (SSSR count). The largest absolute Gasteiger partial charge is 0.371 e. The van der Waals surface area contributed by atoms with E-state index in [0.717, 1.165) is 50.7 Å². The number of aryl methyl sites for hydroxylation is 1. The van der Waals surface area contributed by atoms with Crippen LogP contribution >= 0.6 is 0 Å². The van der Waals surface area contributed by atoms with Crippen molar-refractivity contribution in [3.8, 4) is 11.4 Å². The molecule has 5 aromatic rings. The molecule has 5 aromatic heterocycles. The smallest absolute Gasteiger partial charge is 0.156 e. The predicted octanol–water partition coefficient (Wildman–Crippen LogP) is 3.56. The molecule has 0 unspecified atom stereocenters. The van der Waals surface area contributed by atoms with Gasteiger partial charge in [0.25, 0.3) is 0 Å². The third-order valence-electron chi connectivity index (χ3n) is 4.90. The number of nitrogens with one attached hydrogen (secondary N) is 3. The van der Waals surface area contributed by atoms with Crippen LogP contribution in [-0.4, -0.2) is 36.5 Å². The maximum absolute atomic E-state index is 4.76. The van der Waals surface area contributed by atoms with Gasteiger partial charge in [-0.25, -0.2) is 15.0 Å². The lowest BCUT2D eigenvalue weighted by Gasteiger charge is -2.06. The zero-order chi connectivity index (χ0) is 19.8. The first-order chi connectivity index (χ1) is 14.2. The Hall–Kier alpha value is -3.94. The van der Waals surface area contributed by atoms with Gasteiger partial charge in [-0.15, -0.1) is 0 Å². The van der Waals surface area contributed by atoms with Crippen LogP contribution in [0.25, 0.3) is 33.5 Å².